The van der Waals surface area contributed by atoms with Crippen molar-refractivity contribution in [3.05, 3.63) is 29.3 Å². The summed E-state index contributed by atoms with van der Waals surface area (Å²) in [5, 5.41) is 11.8. The Bertz CT molecular complexity index is 569. The van der Waals surface area contributed by atoms with Crippen molar-refractivity contribution in [2.45, 2.75) is 25.7 Å². The lowest BCUT2D eigenvalue weighted by Gasteiger charge is -2.32. The molecular formula is C16H20N2O3. The standard InChI is InChI=1S/C16H20N2O3/c19-7-5-11-2-1-6-18(10-11)16(21)13-4-3-12-9-15(20)17-14(12)8-13/h3-4,8,11,19H,1-2,5-7,9-10H2,(H,17,20). The SMILES string of the molecule is O=C1Cc2ccc(C(=O)N3CCCC(CCO)C3)cc2N1. The maximum atomic E-state index is 12.6. The van der Waals surface area contributed by atoms with Crippen LogP contribution in [-0.2, 0) is 11.2 Å². The topological polar surface area (TPSA) is 69.6 Å². The number of carbonyl (C=O) groups is 2. The van der Waals surface area contributed by atoms with Crippen LogP contribution in [0, 0.1) is 5.92 Å². The van der Waals surface area contributed by atoms with Gasteiger partial charge in [-0.2, -0.15) is 0 Å². The fourth-order valence-electron chi connectivity index (χ4n) is 3.20. The van der Waals surface area contributed by atoms with Crippen molar-refractivity contribution in [1.29, 1.82) is 0 Å². The molecule has 1 aromatic carbocycles. The second-order valence-corrected chi connectivity index (χ2v) is 5.87. The highest BCUT2D eigenvalue weighted by Crippen LogP contribution is 2.26. The first-order chi connectivity index (χ1) is 10.2. The average molecular weight is 288 g/mol. The molecule has 112 valence electrons. The zero-order valence-corrected chi connectivity index (χ0v) is 12.0. The van der Waals surface area contributed by atoms with Crippen molar-refractivity contribution in [3.8, 4) is 0 Å². The van der Waals surface area contributed by atoms with Crippen molar-refractivity contribution in [2.24, 2.45) is 5.92 Å². The molecule has 0 saturated carbocycles. The van der Waals surface area contributed by atoms with E-state index in [1.54, 1.807) is 12.1 Å². The van der Waals surface area contributed by atoms with E-state index in [1.165, 1.54) is 0 Å². The van der Waals surface area contributed by atoms with Crippen LogP contribution in [0.4, 0.5) is 5.69 Å². The first-order valence-corrected chi connectivity index (χ1v) is 7.50. The van der Waals surface area contributed by atoms with E-state index in [0.29, 0.717) is 24.4 Å². The van der Waals surface area contributed by atoms with Crippen molar-refractivity contribution < 1.29 is 14.7 Å². The Morgan fingerprint density at radius 3 is 3.10 bits per heavy atom. The molecule has 1 aromatic rings. The summed E-state index contributed by atoms with van der Waals surface area (Å²) in [6.07, 6.45) is 3.21. The monoisotopic (exact) mass is 288 g/mol. The van der Waals surface area contributed by atoms with E-state index in [4.69, 9.17) is 5.11 Å². The maximum absolute atomic E-state index is 12.6. The van der Waals surface area contributed by atoms with Gasteiger partial charge in [0.15, 0.2) is 0 Å². The Morgan fingerprint density at radius 1 is 1.43 bits per heavy atom. The number of nitrogens with one attached hydrogen (secondary N) is 1. The Morgan fingerprint density at radius 2 is 2.29 bits per heavy atom. The van der Waals surface area contributed by atoms with Gasteiger partial charge in [0.2, 0.25) is 5.91 Å². The molecule has 0 aliphatic carbocycles. The van der Waals surface area contributed by atoms with E-state index >= 15 is 0 Å². The molecule has 3 rings (SSSR count). The molecule has 0 aromatic heterocycles. The van der Waals surface area contributed by atoms with E-state index in [0.717, 1.165) is 37.1 Å². The fraction of sp³-hybridized carbons (Fsp3) is 0.500. The van der Waals surface area contributed by atoms with Gasteiger partial charge in [-0.1, -0.05) is 6.07 Å². The van der Waals surface area contributed by atoms with E-state index in [-0.39, 0.29) is 18.4 Å². The molecule has 2 aliphatic heterocycles. The summed E-state index contributed by atoms with van der Waals surface area (Å²) < 4.78 is 0. The summed E-state index contributed by atoms with van der Waals surface area (Å²) in [7, 11) is 0. The summed E-state index contributed by atoms with van der Waals surface area (Å²) in [6, 6.07) is 5.44. The van der Waals surface area contributed by atoms with E-state index in [2.05, 4.69) is 5.32 Å². The normalized spacial score (nSPS) is 21.1. The van der Waals surface area contributed by atoms with Crippen molar-refractivity contribution >= 4 is 17.5 Å². The summed E-state index contributed by atoms with van der Waals surface area (Å²) in [5.74, 6) is 0.388. The van der Waals surface area contributed by atoms with Gasteiger partial charge in [0.1, 0.15) is 0 Å². The number of carbonyl (C=O) groups excluding carboxylic acids is 2. The molecule has 2 amide bonds. The van der Waals surface area contributed by atoms with Gasteiger partial charge in [0, 0.05) is 30.9 Å². The Labute approximate surface area is 123 Å². The molecule has 21 heavy (non-hydrogen) atoms. The second-order valence-electron chi connectivity index (χ2n) is 5.87. The number of piperidine rings is 1. The van der Waals surface area contributed by atoms with Crippen LogP contribution in [-0.4, -0.2) is 41.5 Å². The van der Waals surface area contributed by atoms with Gasteiger partial charge < -0.3 is 15.3 Å². The van der Waals surface area contributed by atoms with Gasteiger partial charge in [-0.3, -0.25) is 9.59 Å². The Kier molecular flexibility index (Phi) is 3.92. The third-order valence-corrected chi connectivity index (χ3v) is 4.33. The summed E-state index contributed by atoms with van der Waals surface area (Å²) >= 11 is 0. The Hall–Kier alpha value is -1.88. The molecule has 2 heterocycles. The highest BCUT2D eigenvalue weighted by Gasteiger charge is 2.25. The molecule has 1 saturated heterocycles. The minimum atomic E-state index is -0.0180. The van der Waals surface area contributed by atoms with Crippen LogP contribution >= 0.6 is 0 Å². The number of aliphatic hydroxyl groups is 1. The third-order valence-electron chi connectivity index (χ3n) is 4.33. The molecular weight excluding hydrogens is 268 g/mol. The highest BCUT2D eigenvalue weighted by atomic mass is 16.3. The lowest BCUT2D eigenvalue weighted by Crippen LogP contribution is -2.40. The molecule has 1 atom stereocenters. The predicted molar refractivity (Wildman–Crippen MR) is 79.1 cm³/mol. The largest absolute Gasteiger partial charge is 0.396 e. The lowest BCUT2D eigenvalue weighted by atomic mass is 9.94. The van der Waals surface area contributed by atoms with Crippen molar-refractivity contribution in [2.75, 3.05) is 25.0 Å². The Balaban J connectivity index is 1.73. The number of fused-ring (bicyclic) bond motifs is 1. The van der Waals surface area contributed by atoms with E-state index in [9.17, 15) is 9.59 Å². The van der Waals surface area contributed by atoms with Gasteiger partial charge in [0.05, 0.1) is 6.42 Å². The molecule has 5 heteroatoms. The molecule has 1 unspecified atom stereocenters. The smallest absolute Gasteiger partial charge is 0.253 e. The molecule has 2 aliphatic rings. The fourth-order valence-corrected chi connectivity index (χ4v) is 3.20. The molecule has 0 spiro atoms. The number of nitrogens with zero attached hydrogens (tertiary/aromatic N) is 1. The quantitative estimate of drug-likeness (QED) is 0.883. The second kappa shape index (κ2) is 5.85. The number of rotatable bonds is 3. The number of benzene rings is 1. The number of hydrogen-bond acceptors (Lipinski definition) is 3. The van der Waals surface area contributed by atoms with Crippen LogP contribution < -0.4 is 5.32 Å². The number of aliphatic hydroxyl groups excluding tert-OH is 1. The minimum absolute atomic E-state index is 0.0154. The van der Waals surface area contributed by atoms with Crippen LogP contribution in [0.3, 0.4) is 0 Å². The number of hydrogen-bond donors (Lipinski definition) is 2. The molecule has 1 fully saturated rings. The molecule has 0 radical (unpaired) electrons. The van der Waals surface area contributed by atoms with E-state index < -0.39 is 0 Å². The minimum Gasteiger partial charge on any atom is -0.396 e. The van der Waals surface area contributed by atoms with E-state index in [1.807, 2.05) is 11.0 Å². The van der Waals surface area contributed by atoms with Gasteiger partial charge in [-0.25, -0.2) is 0 Å². The summed E-state index contributed by atoms with van der Waals surface area (Å²) in [4.78, 5) is 25.8. The van der Waals surface area contributed by atoms with Crippen LogP contribution in [0.1, 0.15) is 35.2 Å². The van der Waals surface area contributed by atoms with Crippen molar-refractivity contribution in [3.63, 3.8) is 0 Å². The zero-order chi connectivity index (χ0) is 14.8. The van der Waals surface area contributed by atoms with Gasteiger partial charge >= 0.3 is 0 Å². The predicted octanol–water partition coefficient (Wildman–Crippen LogP) is 1.42. The molecule has 0 bridgehead atoms. The molecule has 2 N–H and O–H groups in total. The van der Waals surface area contributed by atoms with Crippen LogP contribution in [0.5, 0.6) is 0 Å². The van der Waals surface area contributed by atoms with Gasteiger partial charge in [0.25, 0.3) is 5.91 Å². The third kappa shape index (κ3) is 2.93. The number of anilines is 1. The number of amides is 2. The first-order valence-electron chi connectivity index (χ1n) is 7.50. The van der Waals surface area contributed by atoms with Gasteiger partial charge in [-0.05, 0) is 42.9 Å². The summed E-state index contributed by atoms with van der Waals surface area (Å²) in [5.41, 5.74) is 2.34. The maximum Gasteiger partial charge on any atom is 0.253 e. The average Bonchev–Trinajstić information content (AvgIpc) is 2.86. The first kappa shape index (κ1) is 14.1. The van der Waals surface area contributed by atoms with Gasteiger partial charge in [-0.15, -0.1) is 0 Å². The van der Waals surface area contributed by atoms with Crippen LogP contribution in [0.2, 0.25) is 0 Å². The highest BCUT2D eigenvalue weighted by molar-refractivity contribution is 6.02. The zero-order valence-electron chi connectivity index (χ0n) is 12.0. The van der Waals surface area contributed by atoms with Crippen molar-refractivity contribution in [1.82, 2.24) is 4.90 Å². The lowest BCUT2D eigenvalue weighted by molar-refractivity contribution is -0.115. The molecule has 5 nitrogen and oxygen atoms in total. The summed E-state index contributed by atoms with van der Waals surface area (Å²) in [6.45, 7) is 1.66. The number of likely N-dealkylation sites (tertiary alicyclic amines) is 1. The van der Waals surface area contributed by atoms with Crippen LogP contribution in [0.25, 0.3) is 0 Å². The van der Waals surface area contributed by atoms with Crippen LogP contribution in [0.15, 0.2) is 18.2 Å².